The van der Waals surface area contributed by atoms with Crippen molar-refractivity contribution in [3.63, 3.8) is 0 Å². The van der Waals surface area contributed by atoms with Crippen molar-refractivity contribution >= 4 is 8.60 Å². The molecule has 0 unspecified atom stereocenters. The summed E-state index contributed by atoms with van der Waals surface area (Å²) in [6.45, 7) is 2.05. The molecule has 0 heterocycles. The fraction of sp³-hybridized carbons (Fsp3) is 0.0769. The van der Waals surface area contributed by atoms with Gasteiger partial charge in [-0.1, -0.05) is 42.0 Å². The van der Waals surface area contributed by atoms with Gasteiger partial charge in [0.05, 0.1) is 0 Å². The summed E-state index contributed by atoms with van der Waals surface area (Å²) in [4.78, 5) is 17.4. The smallest absolute Gasteiger partial charge is 0.391 e. The summed E-state index contributed by atoms with van der Waals surface area (Å²) < 4.78 is 4.80. The molecule has 2 N–H and O–H groups in total. The number of hydrogen-bond acceptors (Lipinski definition) is 3. The van der Waals surface area contributed by atoms with Gasteiger partial charge in [0.25, 0.3) is 0 Å². The van der Waals surface area contributed by atoms with E-state index < -0.39 is 8.60 Å². The molecule has 2 aromatic rings. The van der Waals surface area contributed by atoms with Crippen molar-refractivity contribution in [3.05, 3.63) is 54.1 Å². The summed E-state index contributed by atoms with van der Waals surface area (Å²) in [7, 11) is -2.34. The number of benzene rings is 2. The van der Waals surface area contributed by atoms with Gasteiger partial charge in [0.15, 0.2) is 0 Å². The SMILES string of the molecule is Cc1ccc(-c2ccc(OP(O)O)cc2)cc1.[Ni]. The Hall–Kier alpha value is -0.916. The Morgan fingerprint density at radius 3 is 1.72 bits per heavy atom. The van der Waals surface area contributed by atoms with E-state index in [0.717, 1.165) is 11.1 Å². The molecule has 5 heteroatoms. The molecular formula is C13H13NiO3P. The monoisotopic (exact) mass is 306 g/mol. The zero-order valence-corrected chi connectivity index (χ0v) is 11.6. The minimum atomic E-state index is -2.34. The molecule has 98 valence electrons. The summed E-state index contributed by atoms with van der Waals surface area (Å²) in [6, 6.07) is 15.4. The van der Waals surface area contributed by atoms with Gasteiger partial charge in [-0.25, -0.2) is 0 Å². The quantitative estimate of drug-likeness (QED) is 0.676. The number of rotatable bonds is 3. The molecule has 3 nitrogen and oxygen atoms in total. The number of aryl methyl sites for hydroxylation is 1. The molecule has 0 aliphatic carbocycles. The Morgan fingerprint density at radius 2 is 1.28 bits per heavy atom. The molecule has 2 rings (SSSR count). The van der Waals surface area contributed by atoms with Crippen LogP contribution in [-0.4, -0.2) is 9.79 Å². The largest absolute Gasteiger partial charge is 0.427 e. The van der Waals surface area contributed by atoms with Crippen LogP contribution in [0.2, 0.25) is 0 Å². The van der Waals surface area contributed by atoms with E-state index in [0.29, 0.717) is 5.75 Å². The van der Waals surface area contributed by atoms with Gasteiger partial charge in [-0.05, 0) is 30.2 Å². The van der Waals surface area contributed by atoms with Gasteiger partial charge < -0.3 is 14.3 Å². The first kappa shape index (κ1) is 15.1. The zero-order valence-electron chi connectivity index (χ0n) is 9.68. The maximum absolute atomic E-state index is 8.72. The third kappa shape index (κ3) is 4.08. The first-order valence-electron chi connectivity index (χ1n) is 5.18. The third-order valence-electron chi connectivity index (χ3n) is 2.43. The van der Waals surface area contributed by atoms with Gasteiger partial charge in [-0.2, -0.15) is 0 Å². The van der Waals surface area contributed by atoms with Crippen molar-refractivity contribution in [2.24, 2.45) is 0 Å². The van der Waals surface area contributed by atoms with Gasteiger partial charge in [-0.15, -0.1) is 0 Å². The summed E-state index contributed by atoms with van der Waals surface area (Å²) in [5, 5.41) is 0. The van der Waals surface area contributed by atoms with E-state index in [2.05, 4.69) is 24.3 Å². The predicted molar refractivity (Wildman–Crippen MR) is 68.6 cm³/mol. The van der Waals surface area contributed by atoms with Gasteiger partial charge in [0.1, 0.15) is 5.75 Å². The van der Waals surface area contributed by atoms with E-state index in [4.69, 9.17) is 14.3 Å². The Labute approximate surface area is 117 Å². The Balaban J connectivity index is 0.00000162. The van der Waals surface area contributed by atoms with Crippen LogP contribution >= 0.6 is 8.60 Å². The van der Waals surface area contributed by atoms with Crippen LogP contribution in [0.5, 0.6) is 5.75 Å². The third-order valence-corrected chi connectivity index (χ3v) is 2.80. The molecule has 0 aliphatic heterocycles. The van der Waals surface area contributed by atoms with Crippen LogP contribution in [0.15, 0.2) is 48.5 Å². The Kier molecular flexibility index (Phi) is 5.78. The van der Waals surface area contributed by atoms with Crippen molar-refractivity contribution in [1.82, 2.24) is 0 Å². The Bertz CT molecular complexity index is 483. The molecule has 0 saturated heterocycles. The van der Waals surface area contributed by atoms with Crippen molar-refractivity contribution in [2.45, 2.75) is 6.92 Å². The van der Waals surface area contributed by atoms with E-state index in [-0.39, 0.29) is 16.5 Å². The van der Waals surface area contributed by atoms with Crippen LogP contribution in [0.3, 0.4) is 0 Å². The van der Waals surface area contributed by atoms with Crippen molar-refractivity contribution in [3.8, 4) is 16.9 Å². The zero-order chi connectivity index (χ0) is 12.3. The van der Waals surface area contributed by atoms with Crippen LogP contribution in [0, 0.1) is 6.92 Å². The van der Waals surface area contributed by atoms with Gasteiger partial charge in [-0.3, -0.25) is 0 Å². The van der Waals surface area contributed by atoms with Crippen molar-refractivity contribution in [1.29, 1.82) is 0 Å². The molecule has 0 radical (unpaired) electrons. The molecular weight excluding hydrogens is 294 g/mol. The standard InChI is InChI=1S/C13H13O3P.Ni/c1-10-2-4-11(5-3-10)12-6-8-13(9-7-12)16-17(14)15;/h2-9,14-15H,1H3;. The molecule has 0 atom stereocenters. The first-order valence-corrected chi connectivity index (χ1v) is 6.34. The van der Waals surface area contributed by atoms with Crippen LogP contribution in [0.25, 0.3) is 11.1 Å². The van der Waals surface area contributed by atoms with Crippen molar-refractivity contribution < 1.29 is 30.8 Å². The fourth-order valence-corrected chi connectivity index (χ4v) is 1.86. The van der Waals surface area contributed by atoms with E-state index >= 15 is 0 Å². The molecule has 0 spiro atoms. The predicted octanol–water partition coefficient (Wildman–Crippen LogP) is 3.25. The summed E-state index contributed by atoms with van der Waals surface area (Å²) in [6.07, 6.45) is 0. The van der Waals surface area contributed by atoms with E-state index in [1.807, 2.05) is 19.1 Å². The minimum absolute atomic E-state index is 0. The first-order chi connectivity index (χ1) is 8.15. The summed E-state index contributed by atoms with van der Waals surface area (Å²) >= 11 is 0. The topological polar surface area (TPSA) is 49.7 Å². The normalized spacial score (nSPS) is 10.0. The van der Waals surface area contributed by atoms with Crippen LogP contribution in [-0.2, 0) is 16.5 Å². The van der Waals surface area contributed by atoms with Crippen LogP contribution in [0.4, 0.5) is 0 Å². The maximum Gasteiger partial charge on any atom is 0.391 e. The second kappa shape index (κ2) is 6.87. The molecule has 0 bridgehead atoms. The second-order valence-corrected chi connectivity index (χ2v) is 4.42. The van der Waals surface area contributed by atoms with Crippen molar-refractivity contribution in [2.75, 3.05) is 0 Å². The van der Waals surface area contributed by atoms with E-state index in [1.54, 1.807) is 12.1 Å². The summed E-state index contributed by atoms with van der Waals surface area (Å²) in [5.41, 5.74) is 3.41. The number of hydrogen-bond donors (Lipinski definition) is 2. The fourth-order valence-electron chi connectivity index (χ4n) is 1.55. The summed E-state index contributed by atoms with van der Waals surface area (Å²) in [5.74, 6) is 0.456. The average Bonchev–Trinajstić information content (AvgIpc) is 2.30. The molecule has 0 fully saturated rings. The van der Waals surface area contributed by atoms with Gasteiger partial charge in [0.2, 0.25) is 0 Å². The Morgan fingerprint density at radius 1 is 0.833 bits per heavy atom. The molecule has 18 heavy (non-hydrogen) atoms. The molecule has 0 aliphatic rings. The molecule has 0 amide bonds. The van der Waals surface area contributed by atoms with E-state index in [9.17, 15) is 0 Å². The van der Waals surface area contributed by atoms with Crippen LogP contribution < -0.4 is 4.52 Å². The average molecular weight is 307 g/mol. The molecule has 0 saturated carbocycles. The molecule has 2 aromatic carbocycles. The van der Waals surface area contributed by atoms with Gasteiger partial charge >= 0.3 is 8.60 Å². The van der Waals surface area contributed by atoms with E-state index in [1.165, 1.54) is 5.56 Å². The molecule has 0 aromatic heterocycles. The van der Waals surface area contributed by atoms with Gasteiger partial charge in [0, 0.05) is 16.5 Å². The second-order valence-electron chi connectivity index (χ2n) is 3.73. The maximum atomic E-state index is 8.72. The van der Waals surface area contributed by atoms with Crippen LogP contribution in [0.1, 0.15) is 5.56 Å². The minimum Gasteiger partial charge on any atom is -0.427 e.